The van der Waals surface area contributed by atoms with E-state index in [4.69, 9.17) is 5.11 Å². The van der Waals surface area contributed by atoms with Gasteiger partial charge in [-0.2, -0.15) is 11.8 Å². The number of carbonyl (C=O) groups excluding carboxylic acids is 1. The highest BCUT2D eigenvalue weighted by molar-refractivity contribution is 9.10. The molecule has 0 radical (unpaired) electrons. The molecule has 0 heterocycles. The van der Waals surface area contributed by atoms with Crippen molar-refractivity contribution in [3.8, 4) is 0 Å². The molecule has 2 rings (SSSR count). The summed E-state index contributed by atoms with van der Waals surface area (Å²) in [5.41, 5.74) is 0.340. The van der Waals surface area contributed by atoms with Gasteiger partial charge in [-0.25, -0.2) is 9.59 Å². The zero-order valence-electron chi connectivity index (χ0n) is 10.9. The lowest BCUT2D eigenvalue weighted by Crippen LogP contribution is -2.35. The Hall–Kier alpha value is -1.21. The lowest BCUT2D eigenvalue weighted by atomic mass is 10.2. The van der Waals surface area contributed by atoms with Crippen molar-refractivity contribution < 1.29 is 14.7 Å². The maximum absolute atomic E-state index is 11.8. The van der Waals surface area contributed by atoms with Crippen LogP contribution in [0.3, 0.4) is 0 Å². The van der Waals surface area contributed by atoms with Crippen LogP contribution >= 0.6 is 27.7 Å². The van der Waals surface area contributed by atoms with Crippen LogP contribution in [-0.4, -0.2) is 34.7 Å². The summed E-state index contributed by atoms with van der Waals surface area (Å²) in [6, 6.07) is 4.27. The van der Waals surface area contributed by atoms with Crippen molar-refractivity contribution in [2.75, 3.05) is 18.1 Å². The molecule has 0 bridgehead atoms. The first-order valence-electron chi connectivity index (χ1n) is 6.09. The highest BCUT2D eigenvalue weighted by Gasteiger charge is 2.41. The third kappa shape index (κ3) is 3.67. The van der Waals surface area contributed by atoms with Crippen molar-refractivity contribution in [1.82, 2.24) is 5.32 Å². The van der Waals surface area contributed by atoms with Gasteiger partial charge in [0.2, 0.25) is 0 Å². The van der Waals surface area contributed by atoms with E-state index in [-0.39, 0.29) is 22.0 Å². The van der Waals surface area contributed by atoms with Gasteiger partial charge in [0.1, 0.15) is 0 Å². The van der Waals surface area contributed by atoms with Gasteiger partial charge in [-0.1, -0.05) is 15.9 Å². The number of thioether (sulfide) groups is 1. The minimum atomic E-state index is -1.07. The predicted molar refractivity (Wildman–Crippen MR) is 83.6 cm³/mol. The molecule has 3 N–H and O–H groups in total. The van der Waals surface area contributed by atoms with Gasteiger partial charge in [0.05, 0.1) is 11.3 Å². The first kappa shape index (κ1) is 15.2. The molecule has 20 heavy (non-hydrogen) atoms. The van der Waals surface area contributed by atoms with Gasteiger partial charge in [0, 0.05) is 15.8 Å². The molecule has 1 aliphatic rings. The maximum atomic E-state index is 11.8. The largest absolute Gasteiger partial charge is 0.478 e. The van der Waals surface area contributed by atoms with Gasteiger partial charge in [0.15, 0.2) is 0 Å². The molecule has 1 fully saturated rings. The number of aromatic carboxylic acids is 1. The van der Waals surface area contributed by atoms with E-state index in [1.165, 1.54) is 6.07 Å². The molecule has 0 aliphatic heterocycles. The van der Waals surface area contributed by atoms with E-state index in [9.17, 15) is 9.59 Å². The first-order valence-corrected chi connectivity index (χ1v) is 8.10. The van der Waals surface area contributed by atoms with Crippen molar-refractivity contribution in [3.05, 3.63) is 28.2 Å². The first-order chi connectivity index (χ1) is 9.46. The Morgan fingerprint density at radius 3 is 2.70 bits per heavy atom. The number of urea groups is 1. The third-order valence-electron chi connectivity index (χ3n) is 3.27. The fourth-order valence-electron chi connectivity index (χ4n) is 1.81. The number of carboxylic acids is 1. The van der Waals surface area contributed by atoms with Crippen LogP contribution in [0.2, 0.25) is 0 Å². The smallest absolute Gasteiger partial charge is 0.337 e. The molecule has 0 spiro atoms. The summed E-state index contributed by atoms with van der Waals surface area (Å²) in [5.74, 6) is -1.07. The summed E-state index contributed by atoms with van der Waals surface area (Å²) in [5, 5.41) is 14.5. The van der Waals surface area contributed by atoms with Crippen molar-refractivity contribution in [2.45, 2.75) is 17.6 Å². The van der Waals surface area contributed by atoms with Crippen LogP contribution in [0.4, 0.5) is 10.5 Å². The summed E-state index contributed by atoms with van der Waals surface area (Å²) in [6.07, 6.45) is 4.24. The van der Waals surface area contributed by atoms with E-state index in [0.717, 1.165) is 12.8 Å². The highest BCUT2D eigenvalue weighted by atomic mass is 79.9. The summed E-state index contributed by atoms with van der Waals surface area (Å²) < 4.78 is 0.880. The number of nitrogens with one attached hydrogen (secondary N) is 2. The SMILES string of the molecule is CSC1(CNC(=O)Nc2cc(Br)ccc2C(=O)O)CC1. The summed E-state index contributed by atoms with van der Waals surface area (Å²) >= 11 is 5.01. The zero-order valence-corrected chi connectivity index (χ0v) is 13.3. The molecule has 1 aromatic rings. The zero-order chi connectivity index (χ0) is 14.8. The van der Waals surface area contributed by atoms with E-state index < -0.39 is 5.97 Å². The molecule has 2 amide bonds. The Bertz CT molecular complexity index is 546. The molecule has 1 saturated carbocycles. The molecule has 108 valence electrons. The second kappa shape index (κ2) is 6.05. The van der Waals surface area contributed by atoms with Gasteiger partial charge in [-0.15, -0.1) is 0 Å². The van der Waals surface area contributed by atoms with Gasteiger partial charge < -0.3 is 15.7 Å². The lowest BCUT2D eigenvalue weighted by Gasteiger charge is -2.14. The summed E-state index contributed by atoms with van der Waals surface area (Å²) in [4.78, 5) is 22.9. The minimum absolute atomic E-state index is 0.0642. The number of halogens is 1. The van der Waals surface area contributed by atoms with E-state index in [2.05, 4.69) is 26.6 Å². The number of hydrogen-bond donors (Lipinski definition) is 3. The van der Waals surface area contributed by atoms with Gasteiger partial charge in [0.25, 0.3) is 0 Å². The van der Waals surface area contributed by atoms with Gasteiger partial charge in [-0.3, -0.25) is 0 Å². The number of carboxylic acid groups (broad SMARTS) is 1. The number of anilines is 1. The predicted octanol–water partition coefficient (Wildman–Crippen LogP) is 3.16. The highest BCUT2D eigenvalue weighted by Crippen LogP contribution is 2.46. The third-order valence-corrected chi connectivity index (χ3v) is 5.18. The van der Waals surface area contributed by atoms with Crippen LogP contribution in [0.25, 0.3) is 0 Å². The maximum Gasteiger partial charge on any atom is 0.337 e. The average Bonchev–Trinajstić information content (AvgIpc) is 3.17. The fraction of sp³-hybridized carbons (Fsp3) is 0.385. The fourth-order valence-corrected chi connectivity index (χ4v) is 2.89. The Morgan fingerprint density at radius 2 is 2.15 bits per heavy atom. The minimum Gasteiger partial charge on any atom is -0.478 e. The van der Waals surface area contributed by atoms with Gasteiger partial charge in [-0.05, 0) is 37.3 Å². The van der Waals surface area contributed by atoms with Gasteiger partial charge >= 0.3 is 12.0 Å². The molecule has 7 heteroatoms. The number of rotatable bonds is 5. The van der Waals surface area contributed by atoms with Crippen LogP contribution in [0.5, 0.6) is 0 Å². The van der Waals surface area contributed by atoms with Crippen molar-refractivity contribution >= 4 is 45.4 Å². The molecule has 0 aromatic heterocycles. The molecule has 5 nitrogen and oxygen atoms in total. The molecule has 1 aliphatic carbocycles. The average molecular weight is 359 g/mol. The number of carbonyl (C=O) groups is 2. The van der Waals surface area contributed by atoms with Crippen LogP contribution in [0.15, 0.2) is 22.7 Å². The van der Waals surface area contributed by atoms with E-state index >= 15 is 0 Å². The molecular formula is C13H15BrN2O3S. The number of benzene rings is 1. The Morgan fingerprint density at radius 1 is 1.45 bits per heavy atom. The standard InChI is InChI=1S/C13H15BrN2O3S/c1-20-13(4-5-13)7-15-12(19)16-10-6-8(14)2-3-9(10)11(17)18/h2-3,6H,4-5,7H2,1H3,(H,17,18)(H2,15,16,19). The van der Waals surface area contributed by atoms with Crippen molar-refractivity contribution in [3.63, 3.8) is 0 Å². The Labute approximate surface area is 129 Å². The van der Waals surface area contributed by atoms with E-state index in [0.29, 0.717) is 11.0 Å². The second-order valence-corrected chi connectivity index (χ2v) is 6.88. The van der Waals surface area contributed by atoms with Crippen LogP contribution in [0.1, 0.15) is 23.2 Å². The second-order valence-electron chi connectivity index (χ2n) is 4.69. The normalized spacial score (nSPS) is 15.5. The topological polar surface area (TPSA) is 78.4 Å². The van der Waals surface area contributed by atoms with Crippen LogP contribution < -0.4 is 10.6 Å². The van der Waals surface area contributed by atoms with Crippen molar-refractivity contribution in [1.29, 1.82) is 0 Å². The summed E-state index contributed by atoms with van der Waals surface area (Å²) in [6.45, 7) is 0.594. The number of amides is 2. The Balaban J connectivity index is 2.00. The van der Waals surface area contributed by atoms with Crippen LogP contribution in [0, 0.1) is 0 Å². The Kier molecular flexibility index (Phi) is 4.59. The van der Waals surface area contributed by atoms with E-state index in [1.54, 1.807) is 23.9 Å². The van der Waals surface area contributed by atoms with Crippen LogP contribution in [-0.2, 0) is 0 Å². The molecular weight excluding hydrogens is 344 g/mol. The lowest BCUT2D eigenvalue weighted by molar-refractivity contribution is 0.0698. The quantitative estimate of drug-likeness (QED) is 0.755. The summed E-state index contributed by atoms with van der Waals surface area (Å²) in [7, 11) is 0. The van der Waals surface area contributed by atoms with Crippen molar-refractivity contribution in [2.24, 2.45) is 0 Å². The molecule has 1 aromatic carbocycles. The number of hydrogen-bond acceptors (Lipinski definition) is 3. The monoisotopic (exact) mass is 358 g/mol. The van der Waals surface area contributed by atoms with E-state index in [1.807, 2.05) is 6.26 Å². The molecule has 0 saturated heterocycles. The molecule has 0 atom stereocenters. The molecule has 0 unspecified atom stereocenters.